The molecule has 0 unspecified atom stereocenters. The standard InChI is InChI=1S/C12H20N2O2S/c1-3-11-9-12(6-5-10(11)2)14-17(15,16)8-4-7-13/h5-6,9,14H,3-4,7-8,13H2,1-2H3. The van der Waals surface area contributed by atoms with Gasteiger partial charge in [-0.15, -0.1) is 0 Å². The Morgan fingerprint density at radius 3 is 2.65 bits per heavy atom. The summed E-state index contributed by atoms with van der Waals surface area (Å²) in [4.78, 5) is 0. The van der Waals surface area contributed by atoms with Crippen molar-refractivity contribution in [2.24, 2.45) is 5.73 Å². The van der Waals surface area contributed by atoms with E-state index in [-0.39, 0.29) is 5.75 Å². The lowest BCUT2D eigenvalue weighted by atomic mass is 10.1. The predicted octanol–water partition coefficient (Wildman–Crippen LogP) is 1.65. The van der Waals surface area contributed by atoms with Gasteiger partial charge < -0.3 is 5.73 Å². The summed E-state index contributed by atoms with van der Waals surface area (Å²) in [5.41, 5.74) is 8.27. The third-order valence-corrected chi connectivity index (χ3v) is 3.99. The number of hydrogen-bond acceptors (Lipinski definition) is 3. The van der Waals surface area contributed by atoms with Gasteiger partial charge in [-0.05, 0) is 49.6 Å². The van der Waals surface area contributed by atoms with Crippen molar-refractivity contribution >= 4 is 15.7 Å². The van der Waals surface area contributed by atoms with E-state index in [2.05, 4.69) is 11.6 Å². The quantitative estimate of drug-likeness (QED) is 0.813. The highest BCUT2D eigenvalue weighted by atomic mass is 32.2. The summed E-state index contributed by atoms with van der Waals surface area (Å²) in [6.07, 6.45) is 1.37. The molecule has 1 aromatic rings. The van der Waals surface area contributed by atoms with E-state index in [1.165, 1.54) is 5.56 Å². The van der Waals surface area contributed by atoms with Gasteiger partial charge in [0.1, 0.15) is 0 Å². The minimum absolute atomic E-state index is 0.0683. The fraction of sp³-hybridized carbons (Fsp3) is 0.500. The summed E-state index contributed by atoms with van der Waals surface area (Å²) < 4.78 is 25.9. The second-order valence-electron chi connectivity index (χ2n) is 4.06. The van der Waals surface area contributed by atoms with E-state index in [1.807, 2.05) is 19.1 Å². The van der Waals surface area contributed by atoms with Gasteiger partial charge in [-0.3, -0.25) is 4.72 Å². The van der Waals surface area contributed by atoms with Crippen molar-refractivity contribution in [1.82, 2.24) is 0 Å². The SMILES string of the molecule is CCc1cc(NS(=O)(=O)CCCN)ccc1C. The third kappa shape index (κ3) is 4.36. The number of sulfonamides is 1. The van der Waals surface area contributed by atoms with Crippen LogP contribution >= 0.6 is 0 Å². The average Bonchev–Trinajstić information content (AvgIpc) is 2.29. The fourth-order valence-electron chi connectivity index (χ4n) is 1.62. The summed E-state index contributed by atoms with van der Waals surface area (Å²) in [7, 11) is -3.26. The molecule has 0 atom stereocenters. The van der Waals surface area contributed by atoms with Crippen molar-refractivity contribution in [3.05, 3.63) is 29.3 Å². The van der Waals surface area contributed by atoms with Gasteiger partial charge in [0, 0.05) is 5.69 Å². The molecule has 0 bridgehead atoms. The minimum Gasteiger partial charge on any atom is -0.330 e. The zero-order chi connectivity index (χ0) is 12.9. The van der Waals surface area contributed by atoms with Crippen LogP contribution in [0.15, 0.2) is 18.2 Å². The highest BCUT2D eigenvalue weighted by Gasteiger charge is 2.10. The molecule has 17 heavy (non-hydrogen) atoms. The Morgan fingerprint density at radius 1 is 1.35 bits per heavy atom. The number of anilines is 1. The largest absolute Gasteiger partial charge is 0.330 e. The zero-order valence-electron chi connectivity index (χ0n) is 10.4. The van der Waals surface area contributed by atoms with Crippen molar-refractivity contribution in [3.63, 3.8) is 0 Å². The minimum atomic E-state index is -3.26. The third-order valence-electron chi connectivity index (χ3n) is 2.62. The number of aryl methyl sites for hydroxylation is 2. The molecule has 0 spiro atoms. The molecule has 0 saturated heterocycles. The first-order valence-electron chi connectivity index (χ1n) is 5.78. The Hall–Kier alpha value is -1.07. The summed E-state index contributed by atoms with van der Waals surface area (Å²) in [6.45, 7) is 4.45. The molecular formula is C12H20N2O2S. The lowest BCUT2D eigenvalue weighted by Gasteiger charge is -2.10. The van der Waals surface area contributed by atoms with E-state index in [1.54, 1.807) is 6.07 Å². The van der Waals surface area contributed by atoms with Crippen molar-refractivity contribution in [2.75, 3.05) is 17.0 Å². The van der Waals surface area contributed by atoms with Crippen LogP contribution in [0.2, 0.25) is 0 Å². The smallest absolute Gasteiger partial charge is 0.232 e. The molecule has 0 amide bonds. The second-order valence-corrected chi connectivity index (χ2v) is 5.90. The predicted molar refractivity (Wildman–Crippen MR) is 71.6 cm³/mol. The molecule has 0 aliphatic heterocycles. The highest BCUT2D eigenvalue weighted by molar-refractivity contribution is 7.92. The molecule has 1 rings (SSSR count). The van der Waals surface area contributed by atoms with Crippen molar-refractivity contribution in [1.29, 1.82) is 0 Å². The summed E-state index contributed by atoms with van der Waals surface area (Å²) in [6, 6.07) is 5.60. The van der Waals surface area contributed by atoms with Crippen LogP contribution in [0.3, 0.4) is 0 Å². The first-order valence-corrected chi connectivity index (χ1v) is 7.44. The molecule has 3 N–H and O–H groups in total. The van der Waals surface area contributed by atoms with E-state index < -0.39 is 10.0 Å². The molecule has 5 heteroatoms. The fourth-order valence-corrected chi connectivity index (χ4v) is 2.75. The van der Waals surface area contributed by atoms with Gasteiger partial charge in [0.15, 0.2) is 0 Å². The molecule has 4 nitrogen and oxygen atoms in total. The second kappa shape index (κ2) is 6.02. The lowest BCUT2D eigenvalue weighted by molar-refractivity contribution is 0.599. The van der Waals surface area contributed by atoms with Gasteiger partial charge in [-0.2, -0.15) is 0 Å². The topological polar surface area (TPSA) is 72.2 Å². The lowest BCUT2D eigenvalue weighted by Crippen LogP contribution is -2.19. The number of nitrogens with two attached hydrogens (primary N) is 1. The maximum absolute atomic E-state index is 11.7. The van der Waals surface area contributed by atoms with Gasteiger partial charge in [0.05, 0.1) is 5.75 Å². The van der Waals surface area contributed by atoms with Crippen molar-refractivity contribution in [2.45, 2.75) is 26.7 Å². The average molecular weight is 256 g/mol. The molecule has 0 aliphatic rings. The number of hydrogen-bond donors (Lipinski definition) is 2. The maximum Gasteiger partial charge on any atom is 0.232 e. The van der Waals surface area contributed by atoms with Crippen molar-refractivity contribution < 1.29 is 8.42 Å². The maximum atomic E-state index is 11.7. The molecule has 0 aliphatic carbocycles. The molecule has 0 saturated carbocycles. The summed E-state index contributed by atoms with van der Waals surface area (Å²) >= 11 is 0. The van der Waals surface area contributed by atoms with Crippen molar-refractivity contribution in [3.8, 4) is 0 Å². The Bertz CT molecular complexity index is 469. The molecule has 0 radical (unpaired) electrons. The van der Waals surface area contributed by atoms with Gasteiger partial charge in [0.2, 0.25) is 10.0 Å². The van der Waals surface area contributed by atoms with E-state index in [9.17, 15) is 8.42 Å². The molecule has 0 aromatic heterocycles. The number of nitrogens with one attached hydrogen (secondary N) is 1. The Morgan fingerprint density at radius 2 is 2.06 bits per heavy atom. The monoisotopic (exact) mass is 256 g/mol. The van der Waals surface area contributed by atoms with Crippen LogP contribution in [0.1, 0.15) is 24.5 Å². The molecule has 0 fully saturated rings. The van der Waals surface area contributed by atoms with Crippen LogP contribution in [0, 0.1) is 6.92 Å². The molecule has 0 heterocycles. The Balaban J connectivity index is 2.81. The zero-order valence-corrected chi connectivity index (χ0v) is 11.2. The molecule has 96 valence electrons. The van der Waals surface area contributed by atoms with E-state index >= 15 is 0 Å². The van der Waals surface area contributed by atoms with E-state index in [0.717, 1.165) is 12.0 Å². The van der Waals surface area contributed by atoms with E-state index in [4.69, 9.17) is 5.73 Å². The molecule has 1 aromatic carbocycles. The van der Waals surface area contributed by atoms with Crippen LogP contribution in [-0.4, -0.2) is 20.7 Å². The van der Waals surface area contributed by atoms with Crippen LogP contribution in [0.4, 0.5) is 5.69 Å². The summed E-state index contributed by atoms with van der Waals surface area (Å²) in [5, 5.41) is 0. The van der Waals surface area contributed by atoms with Crippen LogP contribution < -0.4 is 10.5 Å². The summed E-state index contributed by atoms with van der Waals surface area (Å²) in [5.74, 6) is 0.0683. The number of rotatable bonds is 6. The van der Waals surface area contributed by atoms with E-state index in [0.29, 0.717) is 18.7 Å². The first-order chi connectivity index (χ1) is 7.98. The molecular weight excluding hydrogens is 236 g/mol. The van der Waals surface area contributed by atoms with Gasteiger partial charge in [0.25, 0.3) is 0 Å². The Kier molecular flexibility index (Phi) is 4.96. The first kappa shape index (κ1) is 14.0. The van der Waals surface area contributed by atoms with Gasteiger partial charge in [-0.25, -0.2) is 8.42 Å². The van der Waals surface area contributed by atoms with Crippen LogP contribution in [0.25, 0.3) is 0 Å². The van der Waals surface area contributed by atoms with Crippen LogP contribution in [-0.2, 0) is 16.4 Å². The number of benzene rings is 1. The Labute approximate surface area is 103 Å². The van der Waals surface area contributed by atoms with Crippen LogP contribution in [0.5, 0.6) is 0 Å². The van der Waals surface area contributed by atoms with Gasteiger partial charge >= 0.3 is 0 Å². The van der Waals surface area contributed by atoms with Gasteiger partial charge in [-0.1, -0.05) is 13.0 Å². The normalized spacial score (nSPS) is 11.5. The highest BCUT2D eigenvalue weighted by Crippen LogP contribution is 2.17.